The van der Waals surface area contributed by atoms with E-state index >= 15 is 0 Å². The van der Waals surface area contributed by atoms with Crippen molar-refractivity contribution >= 4 is 15.7 Å². The molecule has 0 saturated heterocycles. The van der Waals surface area contributed by atoms with Gasteiger partial charge in [0, 0.05) is 6.07 Å². The van der Waals surface area contributed by atoms with Gasteiger partial charge in [0.05, 0.1) is 16.9 Å². The Morgan fingerprint density at radius 3 is 2.20 bits per heavy atom. The Kier molecular flexibility index (Phi) is 5.78. The standard InChI is InChI=1S/C15H16N2O7S/c1-22-11-2-4-12(5-3-11)23-8-9-24-15-7-6-13(25(16,20)21)10-14(15)17(18)19/h2-7,10H,8-9H2,1H3,(H2,16,20,21). The molecule has 2 aromatic carbocycles. The monoisotopic (exact) mass is 368 g/mol. The fourth-order valence-corrected chi connectivity index (χ4v) is 2.46. The molecule has 0 amide bonds. The second kappa shape index (κ2) is 7.81. The van der Waals surface area contributed by atoms with Crippen LogP contribution in [0.25, 0.3) is 0 Å². The van der Waals surface area contributed by atoms with E-state index in [4.69, 9.17) is 19.3 Å². The van der Waals surface area contributed by atoms with Crippen molar-refractivity contribution in [2.45, 2.75) is 4.90 Å². The molecule has 2 N–H and O–H groups in total. The van der Waals surface area contributed by atoms with Crippen LogP contribution in [0.5, 0.6) is 17.2 Å². The molecule has 0 aliphatic rings. The Balaban J connectivity index is 1.98. The van der Waals surface area contributed by atoms with Gasteiger partial charge in [0.1, 0.15) is 24.7 Å². The van der Waals surface area contributed by atoms with E-state index in [0.717, 1.165) is 12.1 Å². The number of nitrogens with zero attached hydrogens (tertiary/aromatic N) is 1. The number of primary sulfonamides is 1. The van der Waals surface area contributed by atoms with Crippen LogP contribution in [-0.2, 0) is 10.0 Å². The van der Waals surface area contributed by atoms with Crippen LogP contribution < -0.4 is 19.3 Å². The third kappa shape index (κ3) is 5.06. The lowest BCUT2D eigenvalue weighted by Gasteiger charge is -2.09. The molecule has 0 aromatic heterocycles. The van der Waals surface area contributed by atoms with E-state index in [1.807, 2.05) is 0 Å². The fourth-order valence-electron chi connectivity index (χ4n) is 1.92. The third-order valence-corrected chi connectivity index (χ3v) is 4.04. The number of hydrogen-bond acceptors (Lipinski definition) is 7. The lowest BCUT2D eigenvalue weighted by molar-refractivity contribution is -0.386. The lowest BCUT2D eigenvalue weighted by atomic mass is 10.3. The number of hydrogen-bond donors (Lipinski definition) is 1. The van der Waals surface area contributed by atoms with E-state index < -0.39 is 20.6 Å². The smallest absolute Gasteiger partial charge is 0.312 e. The van der Waals surface area contributed by atoms with E-state index in [0.29, 0.717) is 11.5 Å². The highest BCUT2D eigenvalue weighted by Gasteiger charge is 2.20. The van der Waals surface area contributed by atoms with Crippen molar-refractivity contribution in [3.63, 3.8) is 0 Å². The van der Waals surface area contributed by atoms with Gasteiger partial charge in [-0.05, 0) is 36.4 Å². The van der Waals surface area contributed by atoms with Gasteiger partial charge >= 0.3 is 5.69 Å². The molecule has 0 atom stereocenters. The molecule has 25 heavy (non-hydrogen) atoms. The van der Waals surface area contributed by atoms with Gasteiger partial charge < -0.3 is 14.2 Å². The summed E-state index contributed by atoms with van der Waals surface area (Å²) in [6.45, 7) is 0.169. The molecule has 0 bridgehead atoms. The van der Waals surface area contributed by atoms with Gasteiger partial charge in [-0.3, -0.25) is 10.1 Å². The minimum Gasteiger partial charge on any atom is -0.497 e. The highest BCUT2D eigenvalue weighted by atomic mass is 32.2. The number of benzene rings is 2. The van der Waals surface area contributed by atoms with E-state index in [2.05, 4.69) is 0 Å². The van der Waals surface area contributed by atoms with Gasteiger partial charge in [0.2, 0.25) is 10.0 Å². The molecule has 0 radical (unpaired) electrons. The first kappa shape index (κ1) is 18.5. The predicted molar refractivity (Wildman–Crippen MR) is 88.5 cm³/mol. The van der Waals surface area contributed by atoms with Crippen LogP contribution >= 0.6 is 0 Å². The second-order valence-corrected chi connectivity index (χ2v) is 6.37. The SMILES string of the molecule is COc1ccc(OCCOc2ccc(S(N)(=O)=O)cc2[N+](=O)[O-])cc1. The first-order valence-corrected chi connectivity index (χ1v) is 8.57. The number of ether oxygens (including phenoxy) is 3. The summed E-state index contributed by atoms with van der Waals surface area (Å²) in [5, 5.41) is 16.0. The molecule has 0 fully saturated rings. The molecule has 0 saturated carbocycles. The molecule has 0 spiro atoms. The van der Waals surface area contributed by atoms with Crippen molar-refractivity contribution < 1.29 is 27.6 Å². The second-order valence-electron chi connectivity index (χ2n) is 4.80. The largest absolute Gasteiger partial charge is 0.497 e. The molecule has 10 heteroatoms. The molecular weight excluding hydrogens is 352 g/mol. The highest BCUT2D eigenvalue weighted by Crippen LogP contribution is 2.29. The molecule has 2 aromatic rings. The van der Waals surface area contributed by atoms with Crippen LogP contribution in [0.4, 0.5) is 5.69 Å². The minimum absolute atomic E-state index is 0.0294. The van der Waals surface area contributed by atoms with Crippen LogP contribution in [0.15, 0.2) is 47.4 Å². The quantitative estimate of drug-likeness (QED) is 0.426. The fraction of sp³-hybridized carbons (Fsp3) is 0.200. The van der Waals surface area contributed by atoms with E-state index in [-0.39, 0.29) is 23.9 Å². The van der Waals surface area contributed by atoms with Crippen molar-refractivity contribution in [3.8, 4) is 17.2 Å². The summed E-state index contributed by atoms with van der Waals surface area (Å²) in [5.74, 6) is 1.20. The van der Waals surface area contributed by atoms with Crippen LogP contribution in [0, 0.1) is 10.1 Å². The van der Waals surface area contributed by atoms with Crippen molar-refractivity contribution in [2.75, 3.05) is 20.3 Å². The summed E-state index contributed by atoms with van der Waals surface area (Å²) >= 11 is 0. The first-order valence-electron chi connectivity index (χ1n) is 7.02. The summed E-state index contributed by atoms with van der Waals surface area (Å²) in [7, 11) is -2.48. The maximum atomic E-state index is 11.3. The maximum Gasteiger partial charge on any atom is 0.312 e. The van der Waals surface area contributed by atoms with Gasteiger partial charge in [-0.25, -0.2) is 13.6 Å². The van der Waals surface area contributed by atoms with E-state index in [1.54, 1.807) is 31.4 Å². The average molecular weight is 368 g/mol. The number of nitrogens with two attached hydrogens (primary N) is 1. The molecule has 0 aliphatic carbocycles. The molecule has 2 rings (SSSR count). The predicted octanol–water partition coefficient (Wildman–Crippen LogP) is 1.71. The maximum absolute atomic E-state index is 11.3. The number of methoxy groups -OCH3 is 1. The van der Waals surface area contributed by atoms with Crippen molar-refractivity contribution in [3.05, 3.63) is 52.6 Å². The van der Waals surface area contributed by atoms with Gasteiger partial charge in [-0.1, -0.05) is 0 Å². The Labute approximate surface area is 144 Å². The van der Waals surface area contributed by atoms with Crippen molar-refractivity contribution in [1.82, 2.24) is 0 Å². The molecule has 134 valence electrons. The zero-order valence-corrected chi connectivity index (χ0v) is 14.1. The Morgan fingerprint density at radius 2 is 1.64 bits per heavy atom. The Morgan fingerprint density at radius 1 is 1.04 bits per heavy atom. The average Bonchev–Trinajstić information content (AvgIpc) is 2.58. The van der Waals surface area contributed by atoms with Crippen LogP contribution in [0.3, 0.4) is 0 Å². The van der Waals surface area contributed by atoms with E-state index in [9.17, 15) is 18.5 Å². The molecule has 0 aliphatic heterocycles. The zero-order valence-electron chi connectivity index (χ0n) is 13.2. The van der Waals surface area contributed by atoms with Gasteiger partial charge in [-0.2, -0.15) is 0 Å². The molecule has 0 unspecified atom stereocenters. The first-order chi connectivity index (χ1) is 11.8. The number of rotatable bonds is 8. The molecular formula is C15H16N2O7S. The van der Waals surface area contributed by atoms with Gasteiger partial charge in [-0.15, -0.1) is 0 Å². The summed E-state index contributed by atoms with van der Waals surface area (Å²) in [6, 6.07) is 10.1. The number of nitro groups is 1. The topological polar surface area (TPSA) is 131 Å². The van der Waals surface area contributed by atoms with Crippen molar-refractivity contribution in [1.29, 1.82) is 0 Å². The molecule has 0 heterocycles. The summed E-state index contributed by atoms with van der Waals surface area (Å²) in [4.78, 5) is 9.96. The highest BCUT2D eigenvalue weighted by molar-refractivity contribution is 7.89. The minimum atomic E-state index is -4.04. The summed E-state index contributed by atoms with van der Waals surface area (Å²) < 4.78 is 38.3. The van der Waals surface area contributed by atoms with Crippen molar-refractivity contribution in [2.24, 2.45) is 5.14 Å². The van der Waals surface area contributed by atoms with Gasteiger partial charge in [0.25, 0.3) is 0 Å². The molecule has 9 nitrogen and oxygen atoms in total. The summed E-state index contributed by atoms with van der Waals surface area (Å²) in [6.07, 6.45) is 0. The summed E-state index contributed by atoms with van der Waals surface area (Å²) in [5.41, 5.74) is -0.490. The third-order valence-electron chi connectivity index (χ3n) is 3.12. The Hall–Kier alpha value is -2.85. The van der Waals surface area contributed by atoms with Crippen LogP contribution in [0.2, 0.25) is 0 Å². The van der Waals surface area contributed by atoms with Crippen LogP contribution in [-0.4, -0.2) is 33.7 Å². The van der Waals surface area contributed by atoms with Gasteiger partial charge in [0.15, 0.2) is 5.75 Å². The van der Waals surface area contributed by atoms with Crippen LogP contribution in [0.1, 0.15) is 0 Å². The number of nitro benzene ring substituents is 1. The normalized spacial score (nSPS) is 11.0. The number of sulfonamides is 1. The zero-order chi connectivity index (χ0) is 18.4. The van der Waals surface area contributed by atoms with E-state index in [1.165, 1.54) is 6.07 Å². The lowest BCUT2D eigenvalue weighted by Crippen LogP contribution is -2.13. The Bertz CT molecular complexity index is 851.